The zero-order valence-corrected chi connectivity index (χ0v) is 11.6. The molecule has 1 aliphatic carbocycles. The van der Waals surface area contributed by atoms with Crippen LogP contribution in [0, 0.1) is 0 Å². The van der Waals surface area contributed by atoms with Gasteiger partial charge in [-0.3, -0.25) is 9.69 Å². The van der Waals surface area contributed by atoms with Crippen molar-refractivity contribution in [2.75, 3.05) is 32.7 Å². The Labute approximate surface area is 115 Å². The van der Waals surface area contributed by atoms with Crippen molar-refractivity contribution in [3.05, 3.63) is 35.9 Å². The second kappa shape index (κ2) is 4.97. The molecule has 2 aliphatic rings. The summed E-state index contributed by atoms with van der Waals surface area (Å²) in [6.07, 6.45) is 2.62. The van der Waals surface area contributed by atoms with Crippen molar-refractivity contribution in [3.63, 3.8) is 0 Å². The van der Waals surface area contributed by atoms with E-state index in [0.717, 1.165) is 32.7 Å². The SMILES string of the molecule is CC(=O)N1CCN(CC2(c3ccccc3)CC2)CC1. The molecule has 0 bridgehead atoms. The summed E-state index contributed by atoms with van der Waals surface area (Å²) in [4.78, 5) is 15.8. The molecule has 0 atom stereocenters. The fourth-order valence-corrected chi connectivity index (χ4v) is 3.13. The summed E-state index contributed by atoms with van der Waals surface area (Å²) in [6, 6.07) is 10.9. The molecule has 1 saturated heterocycles. The Bertz CT molecular complexity index is 445. The lowest BCUT2D eigenvalue weighted by Gasteiger charge is -2.36. The predicted octanol–water partition coefficient (Wildman–Crippen LogP) is 1.88. The van der Waals surface area contributed by atoms with Gasteiger partial charge in [0.05, 0.1) is 0 Å². The van der Waals surface area contributed by atoms with Gasteiger partial charge in [-0.1, -0.05) is 30.3 Å². The number of nitrogens with zero attached hydrogens (tertiary/aromatic N) is 2. The van der Waals surface area contributed by atoms with E-state index in [1.807, 2.05) is 4.90 Å². The first-order chi connectivity index (χ1) is 9.20. The van der Waals surface area contributed by atoms with Crippen LogP contribution in [0.4, 0.5) is 0 Å². The maximum Gasteiger partial charge on any atom is 0.219 e. The third-order valence-electron chi connectivity index (χ3n) is 4.58. The van der Waals surface area contributed by atoms with Crippen LogP contribution < -0.4 is 0 Å². The van der Waals surface area contributed by atoms with E-state index in [2.05, 4.69) is 35.2 Å². The molecule has 3 heteroatoms. The Morgan fingerprint density at radius 2 is 1.74 bits per heavy atom. The highest BCUT2D eigenvalue weighted by Crippen LogP contribution is 2.48. The lowest BCUT2D eigenvalue weighted by atomic mass is 9.95. The fourth-order valence-electron chi connectivity index (χ4n) is 3.13. The van der Waals surface area contributed by atoms with Crippen molar-refractivity contribution in [3.8, 4) is 0 Å². The summed E-state index contributed by atoms with van der Waals surface area (Å²) in [5.74, 6) is 0.212. The van der Waals surface area contributed by atoms with Crippen molar-refractivity contribution in [1.82, 2.24) is 9.80 Å². The van der Waals surface area contributed by atoms with Crippen LogP contribution in [0.3, 0.4) is 0 Å². The number of piperazine rings is 1. The topological polar surface area (TPSA) is 23.6 Å². The normalized spacial score (nSPS) is 22.3. The summed E-state index contributed by atoms with van der Waals surface area (Å²) in [6.45, 7) is 6.65. The third-order valence-corrected chi connectivity index (χ3v) is 4.58. The molecule has 1 amide bonds. The van der Waals surface area contributed by atoms with Gasteiger partial charge in [0, 0.05) is 45.1 Å². The van der Waals surface area contributed by atoms with E-state index in [4.69, 9.17) is 0 Å². The number of carbonyl (C=O) groups excluding carboxylic acids is 1. The summed E-state index contributed by atoms with van der Waals surface area (Å²) < 4.78 is 0. The van der Waals surface area contributed by atoms with Crippen LogP contribution in [-0.4, -0.2) is 48.4 Å². The van der Waals surface area contributed by atoms with Crippen LogP contribution in [0.5, 0.6) is 0 Å². The molecule has 2 fully saturated rings. The summed E-state index contributed by atoms with van der Waals surface area (Å²) in [5, 5.41) is 0. The lowest BCUT2D eigenvalue weighted by Crippen LogP contribution is -2.49. The zero-order chi connectivity index (χ0) is 13.3. The van der Waals surface area contributed by atoms with Crippen molar-refractivity contribution in [2.24, 2.45) is 0 Å². The number of benzene rings is 1. The monoisotopic (exact) mass is 258 g/mol. The first kappa shape index (κ1) is 12.7. The molecule has 0 N–H and O–H groups in total. The Balaban J connectivity index is 1.60. The molecule has 0 radical (unpaired) electrons. The molecule has 0 unspecified atom stereocenters. The number of hydrogen-bond acceptors (Lipinski definition) is 2. The first-order valence-electron chi connectivity index (χ1n) is 7.23. The van der Waals surface area contributed by atoms with E-state index in [-0.39, 0.29) is 5.91 Å². The fraction of sp³-hybridized carbons (Fsp3) is 0.562. The largest absolute Gasteiger partial charge is 0.340 e. The van der Waals surface area contributed by atoms with Gasteiger partial charge in [-0.2, -0.15) is 0 Å². The van der Waals surface area contributed by atoms with E-state index >= 15 is 0 Å². The second-order valence-electron chi connectivity index (χ2n) is 5.93. The number of rotatable bonds is 3. The van der Waals surface area contributed by atoms with Crippen molar-refractivity contribution in [2.45, 2.75) is 25.2 Å². The van der Waals surface area contributed by atoms with Gasteiger partial charge < -0.3 is 4.90 Å². The van der Waals surface area contributed by atoms with E-state index in [0.29, 0.717) is 5.41 Å². The van der Waals surface area contributed by atoms with Gasteiger partial charge in [0.2, 0.25) is 5.91 Å². The standard InChI is InChI=1S/C16H22N2O/c1-14(19)18-11-9-17(10-12-18)13-16(7-8-16)15-5-3-2-4-6-15/h2-6H,7-13H2,1H3. The summed E-state index contributed by atoms with van der Waals surface area (Å²) in [7, 11) is 0. The van der Waals surface area contributed by atoms with Crippen LogP contribution in [0.15, 0.2) is 30.3 Å². The van der Waals surface area contributed by atoms with Gasteiger partial charge in [-0.25, -0.2) is 0 Å². The van der Waals surface area contributed by atoms with Crippen molar-refractivity contribution < 1.29 is 4.79 Å². The molecular formula is C16H22N2O. The van der Waals surface area contributed by atoms with Gasteiger partial charge in [0.1, 0.15) is 0 Å². The number of amides is 1. The van der Waals surface area contributed by atoms with Crippen LogP contribution in [0.1, 0.15) is 25.3 Å². The van der Waals surface area contributed by atoms with Gasteiger partial charge in [0.25, 0.3) is 0 Å². The highest BCUT2D eigenvalue weighted by molar-refractivity contribution is 5.73. The second-order valence-corrected chi connectivity index (χ2v) is 5.93. The molecule has 3 nitrogen and oxygen atoms in total. The Morgan fingerprint density at radius 3 is 2.26 bits per heavy atom. The minimum atomic E-state index is 0.212. The van der Waals surface area contributed by atoms with Gasteiger partial charge in [-0.05, 0) is 18.4 Å². The van der Waals surface area contributed by atoms with Crippen LogP contribution in [0.25, 0.3) is 0 Å². The molecule has 3 rings (SSSR count). The van der Waals surface area contributed by atoms with E-state index < -0.39 is 0 Å². The number of hydrogen-bond donors (Lipinski definition) is 0. The summed E-state index contributed by atoms with van der Waals surface area (Å²) in [5.41, 5.74) is 1.89. The van der Waals surface area contributed by atoms with Gasteiger partial charge in [0.15, 0.2) is 0 Å². The van der Waals surface area contributed by atoms with Gasteiger partial charge in [-0.15, -0.1) is 0 Å². The minimum absolute atomic E-state index is 0.212. The molecule has 1 saturated carbocycles. The summed E-state index contributed by atoms with van der Waals surface area (Å²) >= 11 is 0. The number of carbonyl (C=O) groups is 1. The molecule has 1 aliphatic heterocycles. The van der Waals surface area contributed by atoms with Crippen LogP contribution in [0.2, 0.25) is 0 Å². The Hall–Kier alpha value is -1.35. The quantitative estimate of drug-likeness (QED) is 0.826. The molecule has 1 aromatic carbocycles. The molecule has 0 aromatic heterocycles. The lowest BCUT2D eigenvalue weighted by molar-refractivity contribution is -0.130. The van der Waals surface area contributed by atoms with Crippen LogP contribution in [-0.2, 0) is 10.2 Å². The average Bonchev–Trinajstić information content (AvgIpc) is 3.21. The predicted molar refractivity (Wildman–Crippen MR) is 76.0 cm³/mol. The highest BCUT2D eigenvalue weighted by Gasteiger charge is 2.45. The molecule has 102 valence electrons. The highest BCUT2D eigenvalue weighted by atomic mass is 16.2. The van der Waals surface area contributed by atoms with E-state index in [1.165, 1.54) is 18.4 Å². The van der Waals surface area contributed by atoms with Crippen LogP contribution >= 0.6 is 0 Å². The molecule has 1 heterocycles. The Kier molecular flexibility index (Phi) is 3.31. The van der Waals surface area contributed by atoms with E-state index in [9.17, 15) is 4.79 Å². The zero-order valence-electron chi connectivity index (χ0n) is 11.6. The average molecular weight is 258 g/mol. The van der Waals surface area contributed by atoms with Crippen molar-refractivity contribution >= 4 is 5.91 Å². The smallest absolute Gasteiger partial charge is 0.219 e. The molecule has 1 aromatic rings. The third kappa shape index (κ3) is 2.66. The minimum Gasteiger partial charge on any atom is -0.340 e. The maximum absolute atomic E-state index is 11.3. The molecular weight excluding hydrogens is 236 g/mol. The van der Waals surface area contributed by atoms with Gasteiger partial charge >= 0.3 is 0 Å². The first-order valence-corrected chi connectivity index (χ1v) is 7.23. The Morgan fingerprint density at radius 1 is 1.11 bits per heavy atom. The molecule has 19 heavy (non-hydrogen) atoms. The van der Waals surface area contributed by atoms with Crippen molar-refractivity contribution in [1.29, 1.82) is 0 Å². The molecule has 0 spiro atoms. The maximum atomic E-state index is 11.3. The van der Waals surface area contributed by atoms with E-state index in [1.54, 1.807) is 6.92 Å².